The number of amides is 1. The van der Waals surface area contributed by atoms with Gasteiger partial charge in [0, 0.05) is 18.1 Å². The van der Waals surface area contributed by atoms with Crippen LogP contribution in [0, 0.1) is 0 Å². The van der Waals surface area contributed by atoms with E-state index >= 15 is 0 Å². The predicted molar refractivity (Wildman–Crippen MR) is 71.7 cm³/mol. The maximum Gasteiger partial charge on any atom is 0.355 e. The molecule has 1 N–H and O–H groups in total. The zero-order chi connectivity index (χ0) is 13.4. The third-order valence-corrected chi connectivity index (χ3v) is 2.91. The summed E-state index contributed by atoms with van der Waals surface area (Å²) in [5, 5.41) is 4.04. The highest BCUT2D eigenvalue weighted by molar-refractivity contribution is 8.01. The second kappa shape index (κ2) is 7.55. The molecule has 0 heterocycles. The summed E-state index contributed by atoms with van der Waals surface area (Å²) in [7, 11) is 1.28. The summed E-state index contributed by atoms with van der Waals surface area (Å²) >= 11 is 1.42. The quantitative estimate of drug-likeness (QED) is 0.654. The molecule has 5 heteroatoms. The lowest BCUT2D eigenvalue weighted by molar-refractivity contribution is -0.137. The van der Waals surface area contributed by atoms with E-state index in [4.69, 9.17) is 0 Å². The fraction of sp³-hybridized carbons (Fsp3) is 0.231. The molecule has 0 saturated carbocycles. The molecule has 0 aromatic heterocycles. The third kappa shape index (κ3) is 5.05. The fourth-order valence-electron chi connectivity index (χ4n) is 1.22. The lowest BCUT2D eigenvalue weighted by atomic mass is 10.2. The molecule has 0 fully saturated rings. The number of carbonyl (C=O) groups excluding carboxylic acids is 2. The summed E-state index contributed by atoms with van der Waals surface area (Å²) in [4.78, 5) is 22.3. The highest BCUT2D eigenvalue weighted by atomic mass is 32.2. The van der Waals surface area contributed by atoms with Gasteiger partial charge in [0.05, 0.1) is 7.11 Å². The van der Waals surface area contributed by atoms with Crippen molar-refractivity contribution >= 4 is 23.6 Å². The number of esters is 1. The van der Waals surface area contributed by atoms with Crippen molar-refractivity contribution in [3.8, 4) is 0 Å². The van der Waals surface area contributed by atoms with Crippen LogP contribution < -0.4 is 5.32 Å². The molecule has 0 radical (unpaired) electrons. The van der Waals surface area contributed by atoms with Crippen LogP contribution in [0.3, 0.4) is 0 Å². The smallest absolute Gasteiger partial charge is 0.355 e. The second-order valence-electron chi connectivity index (χ2n) is 3.50. The molecule has 96 valence electrons. The first-order valence-corrected chi connectivity index (χ1v) is 6.40. The maximum atomic E-state index is 11.4. The first-order valence-electron chi connectivity index (χ1n) is 5.35. The Morgan fingerprint density at radius 3 is 2.56 bits per heavy atom. The number of ether oxygens (including phenoxy) is 1. The monoisotopic (exact) mass is 265 g/mol. The summed E-state index contributed by atoms with van der Waals surface area (Å²) in [6.45, 7) is 1.35. The molecule has 4 nitrogen and oxygen atoms in total. The molecular weight excluding hydrogens is 250 g/mol. The lowest BCUT2D eigenvalue weighted by Gasteiger charge is -2.05. The summed E-state index contributed by atoms with van der Waals surface area (Å²) in [5.74, 6) is -0.126. The van der Waals surface area contributed by atoms with Crippen molar-refractivity contribution in [3.63, 3.8) is 0 Å². The highest BCUT2D eigenvalue weighted by Gasteiger charge is 2.10. The number of hydrogen-bond acceptors (Lipinski definition) is 4. The van der Waals surface area contributed by atoms with Gasteiger partial charge in [-0.05, 0) is 5.56 Å². The van der Waals surface area contributed by atoms with E-state index in [9.17, 15) is 9.59 Å². The van der Waals surface area contributed by atoms with Gasteiger partial charge in [-0.3, -0.25) is 4.79 Å². The molecule has 0 unspecified atom stereocenters. The van der Waals surface area contributed by atoms with Crippen molar-refractivity contribution in [3.05, 3.63) is 47.0 Å². The predicted octanol–water partition coefficient (Wildman–Crippen LogP) is 2.07. The molecule has 1 aromatic carbocycles. The minimum atomic E-state index is -0.550. The van der Waals surface area contributed by atoms with Crippen LogP contribution in [0.4, 0.5) is 0 Å². The number of thioether (sulfide) groups is 1. The Hall–Kier alpha value is -1.75. The lowest BCUT2D eigenvalue weighted by Crippen LogP contribution is -2.25. The van der Waals surface area contributed by atoms with Crippen molar-refractivity contribution in [2.24, 2.45) is 0 Å². The van der Waals surface area contributed by atoms with Crippen LogP contribution >= 0.6 is 11.8 Å². The van der Waals surface area contributed by atoms with Gasteiger partial charge < -0.3 is 10.1 Å². The molecule has 1 aromatic rings. The van der Waals surface area contributed by atoms with Gasteiger partial charge in [0.1, 0.15) is 5.70 Å². The van der Waals surface area contributed by atoms with Gasteiger partial charge in [-0.2, -0.15) is 0 Å². The van der Waals surface area contributed by atoms with Crippen molar-refractivity contribution in [2.75, 3.05) is 7.11 Å². The number of rotatable bonds is 5. The normalized spacial score (nSPS) is 10.9. The van der Waals surface area contributed by atoms with Crippen LogP contribution in [0.5, 0.6) is 0 Å². The minimum absolute atomic E-state index is 0.158. The Labute approximate surface area is 110 Å². The summed E-state index contributed by atoms with van der Waals surface area (Å²) < 4.78 is 4.58. The van der Waals surface area contributed by atoms with E-state index in [-0.39, 0.29) is 11.6 Å². The van der Waals surface area contributed by atoms with Gasteiger partial charge in [-0.25, -0.2) is 4.79 Å². The summed E-state index contributed by atoms with van der Waals surface area (Å²) in [6, 6.07) is 9.85. The Morgan fingerprint density at radius 1 is 1.33 bits per heavy atom. The zero-order valence-corrected chi connectivity index (χ0v) is 11.1. The van der Waals surface area contributed by atoms with Gasteiger partial charge in [0.15, 0.2) is 0 Å². The van der Waals surface area contributed by atoms with Crippen molar-refractivity contribution in [1.29, 1.82) is 0 Å². The van der Waals surface area contributed by atoms with Crippen LogP contribution in [0.1, 0.15) is 12.5 Å². The average molecular weight is 265 g/mol. The van der Waals surface area contributed by atoms with E-state index in [1.165, 1.54) is 25.8 Å². The van der Waals surface area contributed by atoms with Crippen LogP contribution in [0.25, 0.3) is 0 Å². The molecule has 0 spiro atoms. The van der Waals surface area contributed by atoms with Crippen molar-refractivity contribution in [2.45, 2.75) is 12.7 Å². The topological polar surface area (TPSA) is 55.4 Å². The number of methoxy groups -OCH3 is 1. The molecular formula is C13H15NO3S. The zero-order valence-electron chi connectivity index (χ0n) is 10.3. The fourth-order valence-corrected chi connectivity index (χ4v) is 2.01. The molecule has 0 aliphatic heterocycles. The SMILES string of the molecule is COC(=O)/C(=C\SCc1ccccc1)NC(C)=O. The molecule has 0 aliphatic rings. The molecule has 1 amide bonds. The largest absolute Gasteiger partial charge is 0.464 e. The van der Waals surface area contributed by atoms with Crippen molar-refractivity contribution < 1.29 is 14.3 Å². The maximum absolute atomic E-state index is 11.4. The van der Waals surface area contributed by atoms with Crippen LogP contribution in [-0.4, -0.2) is 19.0 Å². The van der Waals surface area contributed by atoms with Crippen molar-refractivity contribution in [1.82, 2.24) is 5.32 Å². The highest BCUT2D eigenvalue weighted by Crippen LogP contribution is 2.14. The summed E-state index contributed by atoms with van der Waals surface area (Å²) in [5.41, 5.74) is 1.30. The average Bonchev–Trinajstić information content (AvgIpc) is 2.37. The number of hydrogen-bond donors (Lipinski definition) is 1. The number of benzene rings is 1. The van der Waals surface area contributed by atoms with Gasteiger partial charge in [-0.15, -0.1) is 11.8 Å². The Morgan fingerprint density at radius 2 is 2.00 bits per heavy atom. The first kappa shape index (κ1) is 14.3. The van der Waals surface area contributed by atoms with Gasteiger partial charge in [-0.1, -0.05) is 30.3 Å². The van der Waals surface area contributed by atoms with E-state index in [0.717, 1.165) is 11.3 Å². The van der Waals surface area contributed by atoms with E-state index in [0.29, 0.717) is 0 Å². The van der Waals surface area contributed by atoms with Crippen LogP contribution in [0.2, 0.25) is 0 Å². The Bertz CT molecular complexity index is 443. The molecule has 0 saturated heterocycles. The summed E-state index contributed by atoms with van der Waals surface area (Å²) in [6.07, 6.45) is 0. The number of carbonyl (C=O) groups is 2. The minimum Gasteiger partial charge on any atom is -0.464 e. The van der Waals surface area contributed by atoms with Gasteiger partial charge in [0.25, 0.3) is 0 Å². The molecule has 18 heavy (non-hydrogen) atoms. The van der Waals surface area contributed by atoms with Gasteiger partial charge >= 0.3 is 5.97 Å². The van der Waals surface area contributed by atoms with E-state index < -0.39 is 5.97 Å². The first-order chi connectivity index (χ1) is 8.63. The molecule has 0 bridgehead atoms. The van der Waals surface area contributed by atoms with E-state index in [1.807, 2.05) is 30.3 Å². The van der Waals surface area contributed by atoms with E-state index in [1.54, 1.807) is 5.41 Å². The molecule has 0 aliphatic carbocycles. The standard InChI is InChI=1S/C13H15NO3S/c1-10(15)14-12(13(16)17-2)9-18-8-11-6-4-3-5-7-11/h3-7,9H,8H2,1-2H3,(H,14,15)/b12-9+. The number of nitrogens with one attached hydrogen (secondary N) is 1. The van der Waals surface area contributed by atoms with Crippen LogP contribution in [0.15, 0.2) is 41.4 Å². The Balaban J connectivity index is 2.60. The molecule has 1 rings (SSSR count). The Kier molecular flexibility index (Phi) is 6.00. The van der Waals surface area contributed by atoms with Crippen LogP contribution in [-0.2, 0) is 20.1 Å². The van der Waals surface area contributed by atoms with Gasteiger partial charge in [0.2, 0.25) is 5.91 Å². The second-order valence-corrected chi connectivity index (χ2v) is 4.36. The molecule has 0 atom stereocenters. The van der Waals surface area contributed by atoms with E-state index in [2.05, 4.69) is 10.1 Å². The third-order valence-electron chi connectivity index (χ3n) is 2.01.